The molecule has 1 aliphatic rings. The number of hydrogen-bond acceptors (Lipinski definition) is 3. The van der Waals surface area contributed by atoms with Crippen LogP contribution in [0.15, 0.2) is 0 Å². The molecule has 1 fully saturated rings. The number of nitrogens with one attached hydrogen (secondary N) is 2. The van der Waals surface area contributed by atoms with Gasteiger partial charge in [-0.25, -0.2) is 0 Å². The second-order valence-corrected chi connectivity index (χ2v) is 6.41. The van der Waals surface area contributed by atoms with E-state index in [2.05, 4.69) is 43.2 Å². The van der Waals surface area contributed by atoms with Crippen LogP contribution >= 0.6 is 0 Å². The van der Waals surface area contributed by atoms with Gasteiger partial charge in [0.25, 0.3) is 0 Å². The molecule has 1 aliphatic heterocycles. The van der Waals surface area contributed by atoms with E-state index >= 15 is 0 Å². The van der Waals surface area contributed by atoms with Crippen LogP contribution in [-0.4, -0.2) is 48.6 Å². The Labute approximate surface area is 131 Å². The monoisotopic (exact) mass is 297 g/mol. The van der Waals surface area contributed by atoms with Crippen molar-refractivity contribution >= 4 is 5.91 Å². The Morgan fingerprint density at radius 2 is 2.05 bits per heavy atom. The topological polar surface area (TPSA) is 44.4 Å². The molecule has 0 aromatic rings. The minimum absolute atomic E-state index is 0.220. The number of nitrogens with zero attached hydrogens (tertiary/aromatic N) is 1. The molecule has 1 amide bonds. The summed E-state index contributed by atoms with van der Waals surface area (Å²) in [6.07, 6.45) is 6.31. The van der Waals surface area contributed by atoms with Crippen molar-refractivity contribution in [3.05, 3.63) is 0 Å². The van der Waals surface area contributed by atoms with E-state index in [9.17, 15) is 4.79 Å². The maximum Gasteiger partial charge on any atom is 0.240 e. The number of rotatable bonds is 10. The van der Waals surface area contributed by atoms with Crippen molar-refractivity contribution in [2.75, 3.05) is 26.2 Å². The molecule has 2 N–H and O–H groups in total. The van der Waals surface area contributed by atoms with Crippen molar-refractivity contribution in [3.63, 3.8) is 0 Å². The van der Waals surface area contributed by atoms with Crippen LogP contribution in [0.5, 0.6) is 0 Å². The van der Waals surface area contributed by atoms with E-state index in [0.717, 1.165) is 64.7 Å². The summed E-state index contributed by atoms with van der Waals surface area (Å²) in [7, 11) is 0. The Morgan fingerprint density at radius 1 is 1.33 bits per heavy atom. The third-order valence-electron chi connectivity index (χ3n) is 4.74. The highest BCUT2D eigenvalue weighted by Gasteiger charge is 2.40. The van der Waals surface area contributed by atoms with Crippen molar-refractivity contribution in [1.82, 2.24) is 15.5 Å². The van der Waals surface area contributed by atoms with E-state index in [0.29, 0.717) is 0 Å². The van der Waals surface area contributed by atoms with E-state index in [4.69, 9.17) is 0 Å². The van der Waals surface area contributed by atoms with Gasteiger partial charge in [0.1, 0.15) is 0 Å². The van der Waals surface area contributed by atoms with E-state index in [-0.39, 0.29) is 17.5 Å². The van der Waals surface area contributed by atoms with Crippen molar-refractivity contribution in [3.8, 4) is 0 Å². The highest BCUT2D eigenvalue weighted by molar-refractivity contribution is 5.86. The van der Waals surface area contributed by atoms with Crippen LogP contribution in [0.1, 0.15) is 66.2 Å². The number of carbonyl (C=O) groups excluding carboxylic acids is 1. The van der Waals surface area contributed by atoms with Crippen molar-refractivity contribution in [2.24, 2.45) is 0 Å². The quantitative estimate of drug-likeness (QED) is 0.651. The maximum atomic E-state index is 12.6. The molecule has 4 heteroatoms. The third-order valence-corrected chi connectivity index (χ3v) is 4.74. The fourth-order valence-electron chi connectivity index (χ4n) is 3.35. The molecule has 2 atom stereocenters. The molecule has 0 aromatic carbocycles. The lowest BCUT2D eigenvalue weighted by Crippen LogP contribution is -2.55. The van der Waals surface area contributed by atoms with E-state index in [1.165, 1.54) is 0 Å². The summed E-state index contributed by atoms with van der Waals surface area (Å²) >= 11 is 0. The Hall–Kier alpha value is -0.610. The van der Waals surface area contributed by atoms with E-state index < -0.39 is 0 Å². The summed E-state index contributed by atoms with van der Waals surface area (Å²) < 4.78 is 0. The fourth-order valence-corrected chi connectivity index (χ4v) is 3.35. The van der Waals surface area contributed by atoms with Gasteiger partial charge in [0.15, 0.2) is 0 Å². The SMILES string of the molecule is CCCC1(C(=O)NC(C)CCCN(CC)CC)CCCN1. The Bertz CT molecular complexity index is 296. The zero-order valence-electron chi connectivity index (χ0n) is 14.5. The first-order valence-corrected chi connectivity index (χ1v) is 8.86. The lowest BCUT2D eigenvalue weighted by Gasteiger charge is -2.30. The van der Waals surface area contributed by atoms with Crippen LogP contribution < -0.4 is 10.6 Å². The average Bonchev–Trinajstić information content (AvgIpc) is 2.94. The minimum atomic E-state index is -0.290. The number of hydrogen-bond donors (Lipinski definition) is 2. The molecule has 0 aromatic heterocycles. The van der Waals surface area contributed by atoms with Gasteiger partial charge >= 0.3 is 0 Å². The van der Waals surface area contributed by atoms with Crippen LogP contribution in [0.25, 0.3) is 0 Å². The van der Waals surface area contributed by atoms with Gasteiger partial charge in [0, 0.05) is 6.04 Å². The van der Waals surface area contributed by atoms with E-state index in [1.807, 2.05) is 0 Å². The maximum absolute atomic E-state index is 12.6. The summed E-state index contributed by atoms with van der Waals surface area (Å²) in [5.74, 6) is 0.220. The van der Waals surface area contributed by atoms with Crippen molar-refractivity contribution in [2.45, 2.75) is 77.8 Å². The largest absolute Gasteiger partial charge is 0.352 e. The smallest absolute Gasteiger partial charge is 0.240 e. The first-order chi connectivity index (χ1) is 10.1. The van der Waals surface area contributed by atoms with Crippen LogP contribution in [0, 0.1) is 0 Å². The minimum Gasteiger partial charge on any atom is -0.352 e. The van der Waals surface area contributed by atoms with Gasteiger partial charge in [-0.3, -0.25) is 4.79 Å². The lowest BCUT2D eigenvalue weighted by atomic mass is 9.90. The van der Waals surface area contributed by atoms with Gasteiger partial charge in [-0.1, -0.05) is 27.2 Å². The van der Waals surface area contributed by atoms with Crippen LogP contribution in [-0.2, 0) is 4.79 Å². The molecule has 0 spiro atoms. The molecular formula is C17H35N3O. The zero-order valence-corrected chi connectivity index (χ0v) is 14.5. The van der Waals surface area contributed by atoms with Crippen LogP contribution in [0.2, 0.25) is 0 Å². The molecule has 0 aliphatic carbocycles. The van der Waals surface area contributed by atoms with Gasteiger partial charge in [0.05, 0.1) is 5.54 Å². The van der Waals surface area contributed by atoms with Crippen molar-refractivity contribution in [1.29, 1.82) is 0 Å². The first kappa shape index (κ1) is 18.4. The zero-order chi connectivity index (χ0) is 15.7. The highest BCUT2D eigenvalue weighted by Crippen LogP contribution is 2.25. The van der Waals surface area contributed by atoms with Gasteiger partial charge in [-0.15, -0.1) is 0 Å². The molecule has 0 saturated carbocycles. The number of amides is 1. The first-order valence-electron chi connectivity index (χ1n) is 8.86. The molecule has 4 nitrogen and oxygen atoms in total. The number of carbonyl (C=O) groups is 1. The van der Waals surface area contributed by atoms with Crippen LogP contribution in [0.4, 0.5) is 0 Å². The molecule has 2 unspecified atom stereocenters. The Balaban J connectivity index is 2.35. The fraction of sp³-hybridized carbons (Fsp3) is 0.941. The standard InChI is InChI=1S/C17H35N3O/c1-5-11-17(12-9-13-18-17)16(21)19-15(4)10-8-14-20(6-2)7-3/h15,18H,5-14H2,1-4H3,(H,19,21). The molecule has 124 valence electrons. The molecule has 1 rings (SSSR count). The Morgan fingerprint density at radius 3 is 2.57 bits per heavy atom. The second-order valence-electron chi connectivity index (χ2n) is 6.41. The van der Waals surface area contributed by atoms with Gasteiger partial charge in [0.2, 0.25) is 5.91 Å². The summed E-state index contributed by atoms with van der Waals surface area (Å²) in [6.45, 7) is 13.0. The van der Waals surface area contributed by atoms with Gasteiger partial charge in [-0.05, 0) is 65.2 Å². The predicted octanol–water partition coefficient (Wildman–Crippen LogP) is 2.54. The lowest BCUT2D eigenvalue weighted by molar-refractivity contribution is -0.128. The molecule has 1 heterocycles. The predicted molar refractivity (Wildman–Crippen MR) is 89.5 cm³/mol. The van der Waals surface area contributed by atoms with Crippen molar-refractivity contribution < 1.29 is 4.79 Å². The van der Waals surface area contributed by atoms with Crippen LogP contribution in [0.3, 0.4) is 0 Å². The Kier molecular flexibility index (Phi) is 8.27. The normalized spacial score (nSPS) is 23.5. The summed E-state index contributed by atoms with van der Waals surface area (Å²) in [6, 6.07) is 0.268. The summed E-state index contributed by atoms with van der Waals surface area (Å²) in [4.78, 5) is 15.0. The van der Waals surface area contributed by atoms with Gasteiger partial charge in [-0.2, -0.15) is 0 Å². The van der Waals surface area contributed by atoms with E-state index in [1.54, 1.807) is 0 Å². The molecule has 21 heavy (non-hydrogen) atoms. The average molecular weight is 297 g/mol. The van der Waals surface area contributed by atoms with Gasteiger partial charge < -0.3 is 15.5 Å². The molecule has 0 bridgehead atoms. The highest BCUT2D eigenvalue weighted by atomic mass is 16.2. The third kappa shape index (κ3) is 5.59. The summed E-state index contributed by atoms with van der Waals surface area (Å²) in [5, 5.41) is 6.69. The molecule has 1 saturated heterocycles. The molecular weight excluding hydrogens is 262 g/mol. The summed E-state index contributed by atoms with van der Waals surface area (Å²) in [5.41, 5.74) is -0.290. The molecule has 0 radical (unpaired) electrons. The second kappa shape index (κ2) is 9.42.